The van der Waals surface area contributed by atoms with Gasteiger partial charge in [0.15, 0.2) is 0 Å². The van der Waals surface area contributed by atoms with Crippen molar-refractivity contribution < 1.29 is 0 Å². The molecule has 86 valence electrons. The van der Waals surface area contributed by atoms with Gasteiger partial charge in [-0.2, -0.15) is 5.26 Å². The summed E-state index contributed by atoms with van der Waals surface area (Å²) in [6.07, 6.45) is 8.95. The first kappa shape index (κ1) is 12.5. The second-order valence-corrected chi connectivity index (χ2v) is 4.67. The van der Waals surface area contributed by atoms with Crippen molar-refractivity contribution in [1.29, 1.82) is 5.26 Å². The minimum atomic E-state index is 0.0527. The lowest BCUT2D eigenvalue weighted by atomic mass is 9.82. The van der Waals surface area contributed by atoms with Gasteiger partial charge in [0.05, 0.1) is 12.1 Å². The first-order chi connectivity index (χ1) is 7.31. The van der Waals surface area contributed by atoms with Crippen LogP contribution in [0.3, 0.4) is 0 Å². The van der Waals surface area contributed by atoms with E-state index in [1.807, 2.05) is 0 Å². The average Bonchev–Trinajstić information content (AvgIpc) is 2.32. The van der Waals surface area contributed by atoms with Crippen LogP contribution in [0.25, 0.3) is 0 Å². The van der Waals surface area contributed by atoms with Crippen molar-refractivity contribution in [3.63, 3.8) is 0 Å². The zero-order valence-electron chi connectivity index (χ0n) is 10.1. The first-order valence-electron chi connectivity index (χ1n) is 6.47. The van der Waals surface area contributed by atoms with Gasteiger partial charge in [-0.25, -0.2) is 0 Å². The molecule has 0 amide bonds. The van der Waals surface area contributed by atoms with E-state index in [1.165, 1.54) is 32.1 Å². The fraction of sp³-hybridized carbons (Fsp3) is 0.923. The van der Waals surface area contributed by atoms with Crippen LogP contribution in [0.2, 0.25) is 0 Å². The quantitative estimate of drug-likeness (QED) is 0.753. The molecule has 0 bridgehead atoms. The lowest BCUT2D eigenvalue weighted by Crippen LogP contribution is -2.42. The maximum Gasteiger partial charge on any atom is 0.0952 e. The van der Waals surface area contributed by atoms with Gasteiger partial charge in [-0.05, 0) is 31.6 Å². The third-order valence-electron chi connectivity index (χ3n) is 3.64. The fourth-order valence-electron chi connectivity index (χ4n) is 2.63. The second-order valence-electron chi connectivity index (χ2n) is 4.67. The highest BCUT2D eigenvalue weighted by molar-refractivity contribution is 4.92. The molecule has 1 saturated carbocycles. The number of rotatable bonds is 5. The fourth-order valence-corrected chi connectivity index (χ4v) is 2.63. The highest BCUT2D eigenvalue weighted by Crippen LogP contribution is 2.27. The Labute approximate surface area is 94.1 Å². The predicted octanol–water partition coefficient (Wildman–Crippen LogP) is 3.24. The van der Waals surface area contributed by atoms with Crippen LogP contribution in [0.15, 0.2) is 0 Å². The van der Waals surface area contributed by atoms with Crippen molar-refractivity contribution in [3.05, 3.63) is 0 Å². The van der Waals surface area contributed by atoms with Gasteiger partial charge in [-0.3, -0.25) is 5.32 Å². The Kier molecular flexibility index (Phi) is 5.71. The normalized spacial score (nSPS) is 21.9. The van der Waals surface area contributed by atoms with Gasteiger partial charge in [0, 0.05) is 6.04 Å². The van der Waals surface area contributed by atoms with Gasteiger partial charge < -0.3 is 0 Å². The Morgan fingerprint density at radius 2 is 1.87 bits per heavy atom. The minimum Gasteiger partial charge on any atom is -0.299 e. The van der Waals surface area contributed by atoms with Crippen molar-refractivity contribution in [3.8, 4) is 6.07 Å². The van der Waals surface area contributed by atoms with Gasteiger partial charge in [0.25, 0.3) is 0 Å². The van der Waals surface area contributed by atoms with Gasteiger partial charge in [-0.1, -0.05) is 33.1 Å². The molecule has 0 aliphatic heterocycles. The molecule has 1 fully saturated rings. The summed E-state index contributed by atoms with van der Waals surface area (Å²) >= 11 is 0. The molecular weight excluding hydrogens is 184 g/mol. The number of hydrogen-bond acceptors (Lipinski definition) is 2. The standard InChI is InChI=1S/C13H24N2/c1-3-12(10-14)15-13(4-2)11-8-6-5-7-9-11/h11-13,15H,3-9H2,1-2H3. The Morgan fingerprint density at radius 3 is 2.33 bits per heavy atom. The molecule has 0 saturated heterocycles. The molecule has 0 heterocycles. The summed E-state index contributed by atoms with van der Waals surface area (Å²) in [4.78, 5) is 0. The molecule has 2 atom stereocenters. The summed E-state index contributed by atoms with van der Waals surface area (Å²) in [6.45, 7) is 4.31. The van der Waals surface area contributed by atoms with Crippen molar-refractivity contribution >= 4 is 0 Å². The van der Waals surface area contributed by atoms with Crippen LogP contribution >= 0.6 is 0 Å². The van der Waals surface area contributed by atoms with E-state index < -0.39 is 0 Å². The smallest absolute Gasteiger partial charge is 0.0952 e. The van der Waals surface area contributed by atoms with E-state index in [0.29, 0.717) is 6.04 Å². The van der Waals surface area contributed by atoms with E-state index in [4.69, 9.17) is 5.26 Å². The van der Waals surface area contributed by atoms with Gasteiger partial charge in [0.2, 0.25) is 0 Å². The molecule has 1 aliphatic carbocycles. The molecule has 2 nitrogen and oxygen atoms in total. The number of nitriles is 1. The molecule has 1 N–H and O–H groups in total. The molecule has 0 aromatic heterocycles. The van der Waals surface area contributed by atoms with E-state index in [-0.39, 0.29) is 6.04 Å². The SMILES string of the molecule is CCC(C#N)NC(CC)C1CCCCC1. The Morgan fingerprint density at radius 1 is 1.20 bits per heavy atom. The molecule has 2 heteroatoms. The second kappa shape index (κ2) is 6.85. The minimum absolute atomic E-state index is 0.0527. The van der Waals surface area contributed by atoms with Gasteiger partial charge >= 0.3 is 0 Å². The van der Waals surface area contributed by atoms with Crippen LogP contribution in [0, 0.1) is 17.2 Å². The van der Waals surface area contributed by atoms with Crippen LogP contribution in [-0.2, 0) is 0 Å². The maximum atomic E-state index is 8.96. The monoisotopic (exact) mass is 208 g/mol. The van der Waals surface area contributed by atoms with Crippen LogP contribution < -0.4 is 5.32 Å². The van der Waals surface area contributed by atoms with E-state index in [9.17, 15) is 0 Å². The average molecular weight is 208 g/mol. The summed E-state index contributed by atoms with van der Waals surface area (Å²) < 4.78 is 0. The van der Waals surface area contributed by atoms with Crippen LogP contribution in [0.1, 0.15) is 58.8 Å². The molecular formula is C13H24N2. The third-order valence-corrected chi connectivity index (χ3v) is 3.64. The van der Waals surface area contributed by atoms with Crippen LogP contribution in [-0.4, -0.2) is 12.1 Å². The highest BCUT2D eigenvalue weighted by atomic mass is 15.0. The molecule has 15 heavy (non-hydrogen) atoms. The third kappa shape index (κ3) is 3.83. The molecule has 2 unspecified atom stereocenters. The lowest BCUT2D eigenvalue weighted by molar-refractivity contribution is 0.254. The largest absolute Gasteiger partial charge is 0.299 e. The first-order valence-corrected chi connectivity index (χ1v) is 6.47. The zero-order valence-corrected chi connectivity index (χ0v) is 10.1. The highest BCUT2D eigenvalue weighted by Gasteiger charge is 2.23. The van der Waals surface area contributed by atoms with E-state index in [0.717, 1.165) is 18.8 Å². The van der Waals surface area contributed by atoms with Gasteiger partial charge in [0.1, 0.15) is 0 Å². The van der Waals surface area contributed by atoms with E-state index >= 15 is 0 Å². The van der Waals surface area contributed by atoms with E-state index in [2.05, 4.69) is 25.2 Å². The summed E-state index contributed by atoms with van der Waals surface area (Å²) in [5.41, 5.74) is 0. The number of nitrogens with zero attached hydrogens (tertiary/aromatic N) is 1. The van der Waals surface area contributed by atoms with Crippen molar-refractivity contribution in [2.75, 3.05) is 0 Å². The molecule has 0 aromatic carbocycles. The molecule has 0 aromatic rings. The Balaban J connectivity index is 2.43. The molecule has 0 radical (unpaired) electrons. The molecule has 1 rings (SSSR count). The maximum absolute atomic E-state index is 8.96. The summed E-state index contributed by atoms with van der Waals surface area (Å²) in [5, 5.41) is 12.5. The molecule has 0 spiro atoms. The van der Waals surface area contributed by atoms with Crippen molar-refractivity contribution in [2.45, 2.75) is 70.9 Å². The zero-order chi connectivity index (χ0) is 11.1. The summed E-state index contributed by atoms with van der Waals surface area (Å²) in [7, 11) is 0. The predicted molar refractivity (Wildman–Crippen MR) is 63.5 cm³/mol. The Hall–Kier alpha value is -0.550. The number of hydrogen-bond donors (Lipinski definition) is 1. The van der Waals surface area contributed by atoms with Crippen LogP contribution in [0.5, 0.6) is 0 Å². The topological polar surface area (TPSA) is 35.8 Å². The summed E-state index contributed by atoms with van der Waals surface area (Å²) in [6, 6.07) is 2.96. The van der Waals surface area contributed by atoms with E-state index in [1.54, 1.807) is 0 Å². The van der Waals surface area contributed by atoms with Gasteiger partial charge in [-0.15, -0.1) is 0 Å². The van der Waals surface area contributed by atoms with Crippen molar-refractivity contribution in [1.82, 2.24) is 5.32 Å². The molecule has 1 aliphatic rings. The number of nitrogens with one attached hydrogen (secondary N) is 1. The summed E-state index contributed by atoms with van der Waals surface area (Å²) in [5.74, 6) is 0.811. The van der Waals surface area contributed by atoms with Crippen molar-refractivity contribution in [2.24, 2.45) is 5.92 Å². The Bertz CT molecular complexity index is 201. The van der Waals surface area contributed by atoms with Crippen LogP contribution in [0.4, 0.5) is 0 Å². The lowest BCUT2D eigenvalue weighted by Gasteiger charge is -2.31.